The molecule has 2 heterocycles. The van der Waals surface area contributed by atoms with Gasteiger partial charge in [0, 0.05) is 23.0 Å². The Bertz CT molecular complexity index is 932. The number of rotatable bonds is 6. The summed E-state index contributed by atoms with van der Waals surface area (Å²) in [6, 6.07) is 11.7. The first-order chi connectivity index (χ1) is 12.5. The number of aromatic amines is 1. The van der Waals surface area contributed by atoms with Crippen LogP contribution in [0.5, 0.6) is 5.75 Å². The molecule has 134 valence electrons. The summed E-state index contributed by atoms with van der Waals surface area (Å²) >= 11 is 0. The van der Waals surface area contributed by atoms with E-state index in [9.17, 15) is 4.79 Å². The molecular weight excluding hydrogens is 328 g/mol. The Balaban J connectivity index is 1.56. The van der Waals surface area contributed by atoms with Gasteiger partial charge in [0.2, 0.25) is 0 Å². The van der Waals surface area contributed by atoms with Crippen LogP contribution in [0, 0.1) is 20.8 Å². The van der Waals surface area contributed by atoms with Crippen molar-refractivity contribution in [1.82, 2.24) is 15.0 Å². The largest absolute Gasteiger partial charge is 0.492 e. The third kappa shape index (κ3) is 4.27. The Morgan fingerprint density at radius 1 is 1.08 bits per heavy atom. The molecule has 26 heavy (non-hydrogen) atoms. The van der Waals surface area contributed by atoms with Crippen LogP contribution in [-0.4, -0.2) is 28.1 Å². The molecule has 6 heteroatoms. The number of nitrogens with one attached hydrogen (secondary N) is 2. The van der Waals surface area contributed by atoms with Crippen molar-refractivity contribution in [3.05, 3.63) is 69.8 Å². The number of anilines is 1. The number of ether oxygens (including phenoxy) is 1. The molecule has 0 amide bonds. The van der Waals surface area contributed by atoms with Gasteiger partial charge >= 0.3 is 0 Å². The van der Waals surface area contributed by atoms with Crippen LogP contribution in [0.1, 0.15) is 16.8 Å². The van der Waals surface area contributed by atoms with E-state index in [4.69, 9.17) is 4.74 Å². The monoisotopic (exact) mass is 350 g/mol. The summed E-state index contributed by atoms with van der Waals surface area (Å²) in [5, 5.41) is 3.21. The van der Waals surface area contributed by atoms with Crippen molar-refractivity contribution in [2.45, 2.75) is 20.8 Å². The molecule has 0 spiro atoms. The summed E-state index contributed by atoms with van der Waals surface area (Å²) in [6.07, 6.45) is 1.69. The molecule has 3 aromatic rings. The highest BCUT2D eigenvalue weighted by Crippen LogP contribution is 2.15. The van der Waals surface area contributed by atoms with E-state index in [0.717, 1.165) is 22.8 Å². The van der Waals surface area contributed by atoms with Gasteiger partial charge in [0.1, 0.15) is 24.0 Å². The summed E-state index contributed by atoms with van der Waals surface area (Å²) in [4.78, 5) is 23.4. The zero-order valence-electron chi connectivity index (χ0n) is 15.2. The molecule has 1 aromatic carbocycles. The van der Waals surface area contributed by atoms with Crippen molar-refractivity contribution >= 4 is 5.82 Å². The zero-order valence-corrected chi connectivity index (χ0v) is 15.2. The Labute approximate surface area is 152 Å². The number of pyridine rings is 1. The SMILES string of the molecule is Cc1ccc(OCCNc2ccc(-c3nc(C)c(C)c(=O)[nH]3)cn2)cc1. The van der Waals surface area contributed by atoms with Gasteiger partial charge in [-0.3, -0.25) is 4.79 Å². The van der Waals surface area contributed by atoms with Gasteiger partial charge in [-0.2, -0.15) is 0 Å². The molecule has 2 aromatic heterocycles. The van der Waals surface area contributed by atoms with Crippen molar-refractivity contribution in [1.29, 1.82) is 0 Å². The Morgan fingerprint density at radius 3 is 2.50 bits per heavy atom. The molecule has 6 nitrogen and oxygen atoms in total. The number of nitrogens with zero attached hydrogens (tertiary/aromatic N) is 2. The van der Waals surface area contributed by atoms with Crippen molar-refractivity contribution in [3.63, 3.8) is 0 Å². The maximum atomic E-state index is 11.9. The molecule has 0 bridgehead atoms. The summed E-state index contributed by atoms with van der Waals surface area (Å²) in [5.74, 6) is 2.12. The lowest BCUT2D eigenvalue weighted by molar-refractivity contribution is 0.332. The van der Waals surface area contributed by atoms with Crippen LogP contribution in [0.25, 0.3) is 11.4 Å². The molecule has 0 fully saturated rings. The number of hydrogen-bond acceptors (Lipinski definition) is 5. The maximum absolute atomic E-state index is 11.9. The van der Waals surface area contributed by atoms with E-state index >= 15 is 0 Å². The lowest BCUT2D eigenvalue weighted by Crippen LogP contribution is -2.14. The molecule has 0 saturated heterocycles. The molecule has 0 aliphatic rings. The Hall–Kier alpha value is -3.15. The second-order valence-electron chi connectivity index (χ2n) is 6.15. The second-order valence-corrected chi connectivity index (χ2v) is 6.15. The third-order valence-corrected chi connectivity index (χ3v) is 4.13. The van der Waals surface area contributed by atoms with Crippen LogP contribution in [0.3, 0.4) is 0 Å². The van der Waals surface area contributed by atoms with Gasteiger partial charge in [0.05, 0.1) is 6.54 Å². The molecular formula is C20H22N4O2. The van der Waals surface area contributed by atoms with E-state index in [1.165, 1.54) is 5.56 Å². The van der Waals surface area contributed by atoms with Gasteiger partial charge in [-0.05, 0) is 45.0 Å². The molecule has 0 unspecified atom stereocenters. The molecule has 0 aliphatic carbocycles. The van der Waals surface area contributed by atoms with Gasteiger partial charge < -0.3 is 15.0 Å². The van der Waals surface area contributed by atoms with Crippen LogP contribution in [0.15, 0.2) is 47.4 Å². The fourth-order valence-corrected chi connectivity index (χ4v) is 2.40. The summed E-state index contributed by atoms with van der Waals surface area (Å²) < 4.78 is 5.67. The second kappa shape index (κ2) is 7.82. The lowest BCUT2D eigenvalue weighted by Gasteiger charge is -2.09. The van der Waals surface area contributed by atoms with E-state index in [1.54, 1.807) is 13.1 Å². The maximum Gasteiger partial charge on any atom is 0.254 e. The minimum absolute atomic E-state index is 0.122. The highest BCUT2D eigenvalue weighted by molar-refractivity contribution is 5.56. The lowest BCUT2D eigenvalue weighted by atomic mass is 10.2. The van der Waals surface area contributed by atoms with E-state index in [2.05, 4.69) is 20.3 Å². The number of H-pyrrole nitrogens is 1. The fraction of sp³-hybridized carbons (Fsp3) is 0.250. The van der Waals surface area contributed by atoms with E-state index in [1.807, 2.05) is 50.2 Å². The molecule has 0 radical (unpaired) electrons. The van der Waals surface area contributed by atoms with Gasteiger partial charge in [0.15, 0.2) is 0 Å². The van der Waals surface area contributed by atoms with Crippen LogP contribution >= 0.6 is 0 Å². The van der Waals surface area contributed by atoms with Crippen molar-refractivity contribution in [2.75, 3.05) is 18.5 Å². The highest BCUT2D eigenvalue weighted by Gasteiger charge is 2.06. The summed E-state index contributed by atoms with van der Waals surface area (Å²) in [7, 11) is 0. The number of benzene rings is 1. The van der Waals surface area contributed by atoms with Gasteiger partial charge in [0.25, 0.3) is 5.56 Å². The average molecular weight is 350 g/mol. The number of aromatic nitrogens is 3. The quantitative estimate of drug-likeness (QED) is 0.667. The molecule has 2 N–H and O–H groups in total. The molecule has 0 atom stereocenters. The van der Waals surface area contributed by atoms with Gasteiger partial charge in [-0.1, -0.05) is 17.7 Å². The van der Waals surface area contributed by atoms with E-state index < -0.39 is 0 Å². The van der Waals surface area contributed by atoms with Crippen LogP contribution in [0.2, 0.25) is 0 Å². The Morgan fingerprint density at radius 2 is 1.85 bits per heavy atom. The molecule has 0 saturated carbocycles. The minimum atomic E-state index is -0.122. The molecule has 0 aliphatic heterocycles. The number of hydrogen-bond donors (Lipinski definition) is 2. The van der Waals surface area contributed by atoms with Crippen molar-refractivity contribution in [2.24, 2.45) is 0 Å². The predicted octanol–water partition coefficient (Wildman–Crippen LogP) is 3.25. The van der Waals surface area contributed by atoms with E-state index in [-0.39, 0.29) is 5.56 Å². The number of aryl methyl sites for hydroxylation is 2. The van der Waals surface area contributed by atoms with Crippen molar-refractivity contribution < 1.29 is 4.74 Å². The molecule has 3 rings (SSSR count). The first-order valence-electron chi connectivity index (χ1n) is 8.50. The van der Waals surface area contributed by atoms with Crippen LogP contribution < -0.4 is 15.6 Å². The highest BCUT2D eigenvalue weighted by atomic mass is 16.5. The van der Waals surface area contributed by atoms with Gasteiger partial charge in [-0.15, -0.1) is 0 Å². The minimum Gasteiger partial charge on any atom is -0.492 e. The smallest absolute Gasteiger partial charge is 0.254 e. The average Bonchev–Trinajstić information content (AvgIpc) is 2.65. The third-order valence-electron chi connectivity index (χ3n) is 4.13. The van der Waals surface area contributed by atoms with E-state index in [0.29, 0.717) is 24.5 Å². The topological polar surface area (TPSA) is 79.9 Å². The Kier molecular flexibility index (Phi) is 5.31. The standard InChI is InChI=1S/C20H22N4O2/c1-13-4-7-17(8-5-13)26-11-10-21-18-9-6-16(12-22-18)19-23-15(3)14(2)20(25)24-19/h4-9,12H,10-11H2,1-3H3,(H,21,22)(H,23,24,25). The van der Waals surface area contributed by atoms with Gasteiger partial charge in [-0.25, -0.2) is 9.97 Å². The predicted molar refractivity (Wildman–Crippen MR) is 103 cm³/mol. The zero-order chi connectivity index (χ0) is 18.5. The summed E-state index contributed by atoms with van der Waals surface area (Å²) in [5.41, 5.74) is 3.21. The fourth-order valence-electron chi connectivity index (χ4n) is 2.40. The van der Waals surface area contributed by atoms with Crippen LogP contribution in [-0.2, 0) is 0 Å². The first-order valence-corrected chi connectivity index (χ1v) is 8.50. The summed E-state index contributed by atoms with van der Waals surface area (Å²) in [6.45, 7) is 6.81. The van der Waals surface area contributed by atoms with Crippen LogP contribution in [0.4, 0.5) is 5.82 Å². The first kappa shape index (κ1) is 17.7. The normalized spacial score (nSPS) is 10.6. The van der Waals surface area contributed by atoms with Crippen molar-refractivity contribution in [3.8, 4) is 17.1 Å².